The minimum absolute atomic E-state index is 0.908. The standard InChI is InChI=1S/C21H34/c1-5-18(10-8-6-7-9-17(4)16(2)3)13-21-15-19-11-12-20(21)14-19/h5,11-12,19-21H,6-10,13-15H2,1-4H3/b18-5+. The Bertz CT molecular complexity index is 417. The van der Waals surface area contributed by atoms with Gasteiger partial charge in [-0.2, -0.15) is 0 Å². The fraction of sp³-hybridized carbons (Fsp3) is 0.714. The third-order valence-corrected chi connectivity index (χ3v) is 5.75. The molecule has 0 aliphatic heterocycles. The Labute approximate surface area is 132 Å². The van der Waals surface area contributed by atoms with Gasteiger partial charge in [-0.25, -0.2) is 0 Å². The maximum absolute atomic E-state index is 2.49. The summed E-state index contributed by atoms with van der Waals surface area (Å²) in [5.74, 6) is 2.79. The number of unbranched alkanes of at least 4 members (excludes halogenated alkanes) is 2. The van der Waals surface area contributed by atoms with E-state index in [0.717, 1.165) is 17.8 Å². The highest BCUT2D eigenvalue weighted by Gasteiger charge is 2.35. The van der Waals surface area contributed by atoms with E-state index in [1.54, 1.807) is 11.1 Å². The van der Waals surface area contributed by atoms with Gasteiger partial charge in [-0.1, -0.05) is 41.4 Å². The van der Waals surface area contributed by atoms with E-state index < -0.39 is 0 Å². The van der Waals surface area contributed by atoms with Gasteiger partial charge in [-0.3, -0.25) is 0 Å². The predicted octanol–water partition coefficient (Wildman–Crippen LogP) is 6.84. The first kappa shape index (κ1) is 16.6. The molecule has 21 heavy (non-hydrogen) atoms. The third kappa shape index (κ3) is 4.87. The molecule has 0 heteroatoms. The Morgan fingerprint density at radius 3 is 2.33 bits per heavy atom. The zero-order chi connectivity index (χ0) is 15.2. The molecule has 0 heterocycles. The van der Waals surface area contributed by atoms with E-state index in [1.165, 1.54) is 56.9 Å². The highest BCUT2D eigenvalue weighted by atomic mass is 14.4. The van der Waals surface area contributed by atoms with E-state index in [4.69, 9.17) is 0 Å². The summed E-state index contributed by atoms with van der Waals surface area (Å²) in [6.07, 6.45) is 18.4. The van der Waals surface area contributed by atoms with Gasteiger partial charge < -0.3 is 0 Å². The van der Waals surface area contributed by atoms with Crippen molar-refractivity contribution in [3.8, 4) is 0 Å². The minimum Gasteiger partial charge on any atom is -0.0884 e. The molecule has 0 amide bonds. The predicted molar refractivity (Wildman–Crippen MR) is 94.4 cm³/mol. The van der Waals surface area contributed by atoms with Crippen LogP contribution >= 0.6 is 0 Å². The van der Waals surface area contributed by atoms with Crippen LogP contribution in [0.1, 0.15) is 79.1 Å². The zero-order valence-electron chi connectivity index (χ0n) is 14.6. The molecule has 2 aliphatic rings. The highest BCUT2D eigenvalue weighted by Crippen LogP contribution is 2.46. The Morgan fingerprint density at radius 1 is 1.00 bits per heavy atom. The number of hydrogen-bond donors (Lipinski definition) is 0. The van der Waals surface area contributed by atoms with Gasteiger partial charge in [0.1, 0.15) is 0 Å². The summed E-state index contributed by atoms with van der Waals surface area (Å²) in [5.41, 5.74) is 4.82. The molecule has 3 atom stereocenters. The lowest BCUT2D eigenvalue weighted by atomic mass is 9.86. The van der Waals surface area contributed by atoms with Crippen LogP contribution in [-0.4, -0.2) is 0 Å². The van der Waals surface area contributed by atoms with E-state index in [0.29, 0.717) is 0 Å². The fourth-order valence-corrected chi connectivity index (χ4v) is 4.00. The van der Waals surface area contributed by atoms with Crippen LogP contribution in [-0.2, 0) is 0 Å². The maximum Gasteiger partial charge on any atom is -0.0196 e. The van der Waals surface area contributed by atoms with E-state index in [9.17, 15) is 0 Å². The lowest BCUT2D eigenvalue weighted by molar-refractivity contribution is 0.436. The van der Waals surface area contributed by atoms with Crippen molar-refractivity contribution < 1.29 is 0 Å². The van der Waals surface area contributed by atoms with Gasteiger partial charge in [-0.15, -0.1) is 0 Å². The molecule has 3 unspecified atom stereocenters. The van der Waals surface area contributed by atoms with E-state index in [-0.39, 0.29) is 0 Å². The minimum atomic E-state index is 0.908. The third-order valence-electron chi connectivity index (χ3n) is 5.75. The molecule has 0 aromatic heterocycles. The van der Waals surface area contributed by atoms with Crippen LogP contribution in [0.5, 0.6) is 0 Å². The second-order valence-electron chi connectivity index (χ2n) is 7.53. The number of fused-ring (bicyclic) bond motifs is 2. The van der Waals surface area contributed by atoms with Crippen LogP contribution in [0.25, 0.3) is 0 Å². The quantitative estimate of drug-likeness (QED) is 0.338. The van der Waals surface area contributed by atoms with Crippen molar-refractivity contribution in [3.63, 3.8) is 0 Å². The molecule has 2 rings (SSSR count). The van der Waals surface area contributed by atoms with Crippen molar-refractivity contribution >= 4 is 0 Å². The van der Waals surface area contributed by atoms with Gasteiger partial charge in [-0.05, 0) is 90.4 Å². The number of hydrogen-bond acceptors (Lipinski definition) is 0. The van der Waals surface area contributed by atoms with Crippen LogP contribution in [0.15, 0.2) is 34.9 Å². The molecule has 0 nitrogen and oxygen atoms in total. The van der Waals surface area contributed by atoms with Gasteiger partial charge >= 0.3 is 0 Å². The largest absolute Gasteiger partial charge is 0.0884 e. The molecule has 118 valence electrons. The Hall–Kier alpha value is -0.780. The van der Waals surface area contributed by atoms with E-state index in [2.05, 4.69) is 45.9 Å². The summed E-state index contributed by atoms with van der Waals surface area (Å²) < 4.78 is 0. The van der Waals surface area contributed by atoms with Crippen LogP contribution in [0, 0.1) is 17.8 Å². The summed E-state index contributed by atoms with van der Waals surface area (Å²) in [6, 6.07) is 0. The van der Waals surface area contributed by atoms with Crippen LogP contribution < -0.4 is 0 Å². The van der Waals surface area contributed by atoms with Gasteiger partial charge in [0.2, 0.25) is 0 Å². The summed E-state index contributed by atoms with van der Waals surface area (Å²) >= 11 is 0. The lowest BCUT2D eigenvalue weighted by Crippen LogP contribution is -2.08. The van der Waals surface area contributed by atoms with Crippen molar-refractivity contribution in [1.82, 2.24) is 0 Å². The molecule has 0 radical (unpaired) electrons. The molecule has 0 spiro atoms. The molecule has 1 fully saturated rings. The van der Waals surface area contributed by atoms with Gasteiger partial charge in [0.25, 0.3) is 0 Å². The van der Waals surface area contributed by atoms with Crippen LogP contribution in [0.4, 0.5) is 0 Å². The molecule has 2 bridgehead atoms. The second-order valence-corrected chi connectivity index (χ2v) is 7.53. The molecule has 1 saturated carbocycles. The van der Waals surface area contributed by atoms with Crippen molar-refractivity contribution in [2.45, 2.75) is 79.1 Å². The Balaban J connectivity index is 1.63. The second kappa shape index (κ2) is 8.01. The average molecular weight is 287 g/mol. The number of rotatable bonds is 8. The van der Waals surface area contributed by atoms with E-state index in [1.807, 2.05) is 0 Å². The summed E-state index contributed by atoms with van der Waals surface area (Å²) in [6.45, 7) is 9.00. The smallest absolute Gasteiger partial charge is 0.0196 e. The highest BCUT2D eigenvalue weighted by molar-refractivity contribution is 5.13. The first-order valence-corrected chi connectivity index (χ1v) is 9.05. The molecule has 0 saturated heterocycles. The van der Waals surface area contributed by atoms with Gasteiger partial charge in [0.15, 0.2) is 0 Å². The van der Waals surface area contributed by atoms with Crippen molar-refractivity contribution in [3.05, 3.63) is 34.9 Å². The van der Waals surface area contributed by atoms with Gasteiger partial charge in [0, 0.05) is 0 Å². The summed E-state index contributed by atoms with van der Waals surface area (Å²) in [5, 5.41) is 0. The molecule has 0 N–H and O–H groups in total. The summed E-state index contributed by atoms with van der Waals surface area (Å²) in [4.78, 5) is 0. The Kier molecular flexibility index (Phi) is 6.33. The molecule has 0 aromatic rings. The lowest BCUT2D eigenvalue weighted by Gasteiger charge is -2.19. The molecular formula is C21H34. The summed E-state index contributed by atoms with van der Waals surface area (Å²) in [7, 11) is 0. The van der Waals surface area contributed by atoms with Crippen molar-refractivity contribution in [2.75, 3.05) is 0 Å². The van der Waals surface area contributed by atoms with Gasteiger partial charge in [0.05, 0.1) is 0 Å². The normalized spacial score (nSPS) is 27.4. The SMILES string of the molecule is C/C=C(\CCCCCC(C)=C(C)C)CC1CC2C=CC1C2. The fourth-order valence-electron chi connectivity index (χ4n) is 4.00. The zero-order valence-corrected chi connectivity index (χ0v) is 14.6. The van der Waals surface area contributed by atoms with Crippen molar-refractivity contribution in [1.29, 1.82) is 0 Å². The van der Waals surface area contributed by atoms with E-state index >= 15 is 0 Å². The number of allylic oxidation sites excluding steroid dienone is 6. The topological polar surface area (TPSA) is 0 Å². The van der Waals surface area contributed by atoms with Crippen LogP contribution in [0.2, 0.25) is 0 Å². The first-order valence-electron chi connectivity index (χ1n) is 9.05. The monoisotopic (exact) mass is 286 g/mol. The Morgan fingerprint density at radius 2 is 1.76 bits per heavy atom. The first-order chi connectivity index (χ1) is 10.1. The van der Waals surface area contributed by atoms with Crippen LogP contribution in [0.3, 0.4) is 0 Å². The molecular weight excluding hydrogens is 252 g/mol. The average Bonchev–Trinajstić information content (AvgIpc) is 3.07. The molecule has 2 aliphatic carbocycles. The maximum atomic E-state index is 2.49. The molecule has 0 aromatic carbocycles. The van der Waals surface area contributed by atoms with Crippen molar-refractivity contribution in [2.24, 2.45) is 17.8 Å².